The van der Waals surface area contributed by atoms with Crippen LogP contribution in [-0.2, 0) is 4.79 Å². The minimum Gasteiger partial charge on any atom is -0.490 e. The second-order valence-electron chi connectivity index (χ2n) is 12.7. The Kier molecular flexibility index (Phi) is 13.4. The highest BCUT2D eigenvalue weighted by atomic mass is 16.5. The summed E-state index contributed by atoms with van der Waals surface area (Å²) in [4.78, 5) is 18.5. The molecule has 2 heterocycles. The van der Waals surface area contributed by atoms with Crippen molar-refractivity contribution in [1.82, 2.24) is 9.80 Å². The van der Waals surface area contributed by atoms with E-state index in [9.17, 15) is 4.79 Å². The van der Waals surface area contributed by atoms with Gasteiger partial charge in [-0.3, -0.25) is 4.79 Å². The van der Waals surface area contributed by atoms with Crippen LogP contribution in [0.1, 0.15) is 89.2 Å². The van der Waals surface area contributed by atoms with Crippen molar-refractivity contribution in [3.63, 3.8) is 0 Å². The average Bonchev–Trinajstić information content (AvgIpc) is 3.42. The minimum absolute atomic E-state index is 0.104. The molecule has 0 N–H and O–H groups in total. The molecule has 0 atom stereocenters. The molecule has 0 spiro atoms. The van der Waals surface area contributed by atoms with Crippen LogP contribution < -0.4 is 18.9 Å². The van der Waals surface area contributed by atoms with E-state index in [0.717, 1.165) is 84.0 Å². The van der Waals surface area contributed by atoms with E-state index in [2.05, 4.69) is 9.80 Å². The molecule has 0 unspecified atom stereocenters. The zero-order valence-corrected chi connectivity index (χ0v) is 28.2. The van der Waals surface area contributed by atoms with Crippen molar-refractivity contribution in [2.24, 2.45) is 0 Å². The number of hydrogen-bond donors (Lipinski definition) is 0. The van der Waals surface area contributed by atoms with Gasteiger partial charge >= 0.3 is 0 Å². The molecule has 3 aliphatic rings. The van der Waals surface area contributed by atoms with Crippen molar-refractivity contribution < 1.29 is 23.7 Å². The van der Waals surface area contributed by atoms with Gasteiger partial charge in [0, 0.05) is 24.2 Å². The van der Waals surface area contributed by atoms with Gasteiger partial charge in [-0.15, -0.1) is 0 Å². The summed E-state index contributed by atoms with van der Waals surface area (Å²) >= 11 is 0. The van der Waals surface area contributed by atoms with E-state index in [1.54, 1.807) is 0 Å². The van der Waals surface area contributed by atoms with Crippen molar-refractivity contribution in [2.45, 2.75) is 78.1 Å². The van der Waals surface area contributed by atoms with E-state index in [1.165, 1.54) is 64.7 Å². The van der Waals surface area contributed by atoms with Crippen LogP contribution in [0.15, 0.2) is 47.5 Å². The number of ether oxygens (including phenoxy) is 4. The van der Waals surface area contributed by atoms with E-state index < -0.39 is 0 Å². The molecule has 7 heteroatoms. The van der Waals surface area contributed by atoms with E-state index in [4.69, 9.17) is 18.9 Å². The number of carbonyl (C=O) groups excluding carboxylic acids is 1. The third kappa shape index (κ3) is 10.1. The van der Waals surface area contributed by atoms with Crippen molar-refractivity contribution >= 4 is 17.9 Å². The van der Waals surface area contributed by atoms with Gasteiger partial charge in [0.05, 0.1) is 26.4 Å². The zero-order chi connectivity index (χ0) is 32.0. The lowest BCUT2D eigenvalue weighted by molar-refractivity contribution is -0.111. The van der Waals surface area contributed by atoms with Gasteiger partial charge in [0.15, 0.2) is 28.8 Å². The second-order valence-corrected chi connectivity index (χ2v) is 12.7. The quantitative estimate of drug-likeness (QED) is 0.138. The van der Waals surface area contributed by atoms with Crippen LogP contribution in [0.4, 0.5) is 0 Å². The largest absolute Gasteiger partial charge is 0.490 e. The Labute approximate surface area is 276 Å². The maximum absolute atomic E-state index is 13.4. The zero-order valence-electron chi connectivity index (χ0n) is 28.2. The van der Waals surface area contributed by atoms with E-state index >= 15 is 0 Å². The lowest BCUT2D eigenvalue weighted by Gasteiger charge is -2.26. The Morgan fingerprint density at radius 2 is 1.02 bits per heavy atom. The van der Waals surface area contributed by atoms with Crippen LogP contribution in [0, 0.1) is 0 Å². The summed E-state index contributed by atoms with van der Waals surface area (Å²) in [6.07, 6.45) is 15.4. The predicted octanol–water partition coefficient (Wildman–Crippen LogP) is 7.82. The first-order chi connectivity index (χ1) is 22.6. The van der Waals surface area contributed by atoms with Crippen LogP contribution in [-0.4, -0.2) is 81.3 Å². The molecule has 250 valence electrons. The summed E-state index contributed by atoms with van der Waals surface area (Å²) in [5.74, 6) is 3.09. The first-order valence-electron chi connectivity index (χ1n) is 17.8. The molecule has 46 heavy (non-hydrogen) atoms. The number of ketones is 1. The summed E-state index contributed by atoms with van der Waals surface area (Å²) in [5.41, 5.74) is 3.55. The molecule has 2 aromatic carbocycles. The van der Waals surface area contributed by atoms with Gasteiger partial charge in [-0.05, 0) is 139 Å². The number of hydrogen-bond acceptors (Lipinski definition) is 7. The fourth-order valence-electron chi connectivity index (χ4n) is 6.69. The highest BCUT2D eigenvalue weighted by Gasteiger charge is 2.23. The lowest BCUT2D eigenvalue weighted by atomic mass is 10.1. The number of carbonyl (C=O) groups is 1. The van der Waals surface area contributed by atoms with Gasteiger partial charge in [0.25, 0.3) is 0 Å². The van der Waals surface area contributed by atoms with E-state index in [0.29, 0.717) is 26.4 Å². The third-order valence-corrected chi connectivity index (χ3v) is 9.11. The smallest absolute Gasteiger partial charge is 0.185 e. The van der Waals surface area contributed by atoms with Gasteiger partial charge in [-0.2, -0.15) is 0 Å². The second kappa shape index (κ2) is 18.2. The molecule has 3 fully saturated rings. The van der Waals surface area contributed by atoms with Crippen molar-refractivity contribution in [3.8, 4) is 23.0 Å². The Morgan fingerprint density at radius 1 is 0.587 bits per heavy atom. The number of benzene rings is 2. The normalized spacial score (nSPS) is 19.6. The summed E-state index contributed by atoms with van der Waals surface area (Å²) < 4.78 is 24.1. The standard InChI is InChI=1S/C39H54N2O5/c1-3-43-37-29-31(13-17-35(37)45-25-11-23-40-19-7-5-8-20-40)27-33-15-16-34(39(33)42)28-32-14-18-36(38(30-32)44-4-2)46-26-12-24-41-21-9-6-10-22-41/h13-14,17-18,27-30H,3-12,15-16,19-26H2,1-2H3/b33-27+,34-28+. The monoisotopic (exact) mass is 630 g/mol. The van der Waals surface area contributed by atoms with Crippen LogP contribution in [0.2, 0.25) is 0 Å². The first kappa shape index (κ1) is 34.1. The van der Waals surface area contributed by atoms with Crippen molar-refractivity contribution in [1.29, 1.82) is 0 Å². The van der Waals surface area contributed by atoms with Crippen molar-refractivity contribution in [3.05, 3.63) is 58.7 Å². The molecule has 5 rings (SSSR count). The van der Waals surface area contributed by atoms with Crippen molar-refractivity contribution in [2.75, 3.05) is 65.7 Å². The Balaban J connectivity index is 1.17. The Bertz CT molecular complexity index is 1220. The number of allylic oxidation sites excluding steroid dienone is 2. The molecule has 0 aromatic heterocycles. The van der Waals surface area contributed by atoms with Gasteiger partial charge < -0.3 is 28.7 Å². The molecule has 2 saturated heterocycles. The van der Waals surface area contributed by atoms with Gasteiger partial charge in [-0.1, -0.05) is 25.0 Å². The fraction of sp³-hybridized carbons (Fsp3) is 0.564. The van der Waals surface area contributed by atoms with Gasteiger partial charge in [0.1, 0.15) is 0 Å². The molecule has 0 bridgehead atoms. The molecule has 2 aliphatic heterocycles. The molecular weight excluding hydrogens is 576 g/mol. The molecule has 7 nitrogen and oxygen atoms in total. The highest BCUT2D eigenvalue weighted by molar-refractivity contribution is 6.15. The maximum atomic E-state index is 13.4. The minimum atomic E-state index is 0.104. The number of piperidine rings is 2. The number of likely N-dealkylation sites (tertiary alicyclic amines) is 2. The summed E-state index contributed by atoms with van der Waals surface area (Å²) in [6, 6.07) is 12.0. The topological polar surface area (TPSA) is 60.5 Å². The first-order valence-corrected chi connectivity index (χ1v) is 17.8. The molecule has 2 aromatic rings. The van der Waals surface area contributed by atoms with Crippen LogP contribution >= 0.6 is 0 Å². The number of nitrogens with zero attached hydrogens (tertiary/aromatic N) is 2. The van der Waals surface area contributed by atoms with E-state index in [-0.39, 0.29) is 5.78 Å². The molecule has 1 aliphatic carbocycles. The number of rotatable bonds is 16. The summed E-state index contributed by atoms with van der Waals surface area (Å²) in [5, 5.41) is 0. The molecule has 1 saturated carbocycles. The average molecular weight is 631 g/mol. The highest BCUT2D eigenvalue weighted by Crippen LogP contribution is 2.35. The lowest BCUT2D eigenvalue weighted by Crippen LogP contribution is -2.31. The summed E-state index contributed by atoms with van der Waals surface area (Å²) in [7, 11) is 0. The SMILES string of the molecule is CCOc1cc(/C=C2\CC/C(=C\c3ccc(OCCCN4CCCCC4)c(OCC)c3)C2=O)ccc1OCCCN1CCCCC1. The fourth-order valence-corrected chi connectivity index (χ4v) is 6.69. The number of Topliss-reactive ketones (excluding diaryl/α,β-unsaturated/α-hetero) is 1. The Hall–Kier alpha value is -3.29. The van der Waals surface area contributed by atoms with E-state index in [1.807, 2.05) is 62.4 Å². The Morgan fingerprint density at radius 3 is 1.43 bits per heavy atom. The van der Waals surface area contributed by atoms with Crippen LogP contribution in [0.3, 0.4) is 0 Å². The summed E-state index contributed by atoms with van der Waals surface area (Å²) in [6.45, 7) is 13.4. The van der Waals surface area contributed by atoms with Crippen LogP contribution in [0.5, 0.6) is 23.0 Å². The van der Waals surface area contributed by atoms with Crippen LogP contribution in [0.25, 0.3) is 12.2 Å². The molecule has 0 amide bonds. The maximum Gasteiger partial charge on any atom is 0.185 e. The molecular formula is C39H54N2O5. The van der Waals surface area contributed by atoms with Gasteiger partial charge in [0.2, 0.25) is 0 Å². The third-order valence-electron chi connectivity index (χ3n) is 9.11. The molecule has 0 radical (unpaired) electrons. The van der Waals surface area contributed by atoms with Gasteiger partial charge in [-0.25, -0.2) is 0 Å². The predicted molar refractivity (Wildman–Crippen MR) is 186 cm³/mol.